The number of carbonyl (C=O) groups excluding carboxylic acids is 6. The number of likely N-dealkylation sites (tertiary alicyclic amines) is 1. The van der Waals surface area contributed by atoms with Gasteiger partial charge in [-0.05, 0) is 97.1 Å². The van der Waals surface area contributed by atoms with Crippen molar-refractivity contribution in [1.29, 1.82) is 0 Å². The number of carboxylic acid groups (broad SMARTS) is 1. The van der Waals surface area contributed by atoms with Gasteiger partial charge in [-0.2, -0.15) is 0 Å². The molecular weight excluding hydrogens is 1020 g/mol. The smallest absolute Gasteiger partial charge is 0.300 e. The topological polar surface area (TPSA) is 271 Å². The number of β-amino-alcohol motifs (C(OH)–C–C–N with tert-alkyl or cyclic N) is 1. The quantitative estimate of drug-likeness (QED) is 0.0462. The molecule has 1 saturated heterocycles. The Morgan fingerprint density at radius 1 is 0.885 bits per heavy atom. The van der Waals surface area contributed by atoms with E-state index in [1.807, 2.05) is 107 Å². The molecule has 0 radical (unpaired) electrons. The van der Waals surface area contributed by atoms with Crippen LogP contribution in [0, 0.1) is 18.3 Å². The summed E-state index contributed by atoms with van der Waals surface area (Å²) >= 11 is 1.58. The van der Waals surface area contributed by atoms with Crippen LogP contribution in [0.15, 0.2) is 72.2 Å². The van der Waals surface area contributed by atoms with E-state index < -0.39 is 59.4 Å². The third kappa shape index (κ3) is 17.1. The number of para-hydroxylation sites is 1. The molecule has 7 atom stereocenters. The summed E-state index contributed by atoms with van der Waals surface area (Å²) in [4.78, 5) is 97.5. The Bertz CT molecular complexity index is 2700. The van der Waals surface area contributed by atoms with Gasteiger partial charge >= 0.3 is 0 Å². The fourth-order valence-corrected chi connectivity index (χ4v) is 11.1. The zero-order chi connectivity index (χ0) is 56.7. The number of aliphatic carboxylic acids is 1. The van der Waals surface area contributed by atoms with E-state index in [4.69, 9.17) is 35.6 Å². The SMILES string of the molecule is CC(=O)O.Cc1ncsc1-c1ccc(CCC(=O)[C@@H]2C[C@@H](O)CN2C(=O)[C@@H](NC(=O)COCCOCCCc2ccc(CO[C@H](C)[C@H](CCC(N)=O)CC(=O)[C@@H]3Cc4cccc5c4N3C(=O)[C@@H](N)CC5)cc2)C(C)(C)C)cc1. The largest absolute Gasteiger partial charge is 0.481 e. The van der Waals surface area contributed by atoms with Crippen molar-refractivity contribution >= 4 is 58.2 Å². The second-order valence-corrected chi connectivity index (χ2v) is 22.6. The highest BCUT2D eigenvalue weighted by molar-refractivity contribution is 7.13. The number of thiazole rings is 1. The Hall–Kier alpha value is -6.22. The van der Waals surface area contributed by atoms with Gasteiger partial charge in [-0.15, -0.1) is 11.3 Å². The van der Waals surface area contributed by atoms with Crippen LogP contribution in [-0.2, 0) is 80.1 Å². The number of aromatic nitrogens is 1. The van der Waals surface area contributed by atoms with E-state index in [0.29, 0.717) is 45.3 Å². The first-order valence-electron chi connectivity index (χ1n) is 27.0. The number of hydrogen-bond acceptors (Lipinski definition) is 14. The normalized spacial score (nSPS) is 19.0. The first-order chi connectivity index (χ1) is 37.1. The Morgan fingerprint density at radius 3 is 2.21 bits per heavy atom. The Kier molecular flexibility index (Phi) is 22.4. The molecule has 0 unspecified atom stereocenters. The number of carbonyl (C=O) groups is 7. The second kappa shape index (κ2) is 28.6. The van der Waals surface area contributed by atoms with Crippen molar-refractivity contribution in [2.45, 2.75) is 155 Å². The third-order valence-electron chi connectivity index (χ3n) is 14.6. The van der Waals surface area contributed by atoms with Gasteiger partial charge < -0.3 is 46.1 Å². The van der Waals surface area contributed by atoms with E-state index in [0.717, 1.165) is 69.4 Å². The number of nitrogens with zero attached hydrogens (tertiary/aromatic N) is 3. The standard InChI is InChI=1S/C57H74N6O10S.C2H4O2/c1-35-53(74-34-60-35)41-18-15-38(16-19-41)17-23-48(65)46-30-44(64)31-62(46)56(70)54(57(3,4)5)61-51(68)33-72-27-26-71-25-7-8-37-11-13-39(14-12-37)32-73-36(2)42(21-24-50(59)67)29-49(66)47-28-43-10-6-9-40-20-22-45(58)55(69)63(47)52(40)43;1-2(3)4/h6,9-16,18-19,34,36,42,44-47,54,64H,7-8,17,20-33,58H2,1-5H3,(H2,59,67)(H,61,68);1H3,(H,3,4)/t36-,42-,44-,45+,46+,47+,54-;/m1./s1. The van der Waals surface area contributed by atoms with E-state index in [-0.39, 0.29) is 81.5 Å². The lowest BCUT2D eigenvalue weighted by molar-refractivity contribution is -0.144. The number of ether oxygens (including phenoxy) is 3. The Morgan fingerprint density at radius 2 is 1.54 bits per heavy atom. The molecule has 0 aliphatic carbocycles. The lowest BCUT2D eigenvalue weighted by Gasteiger charge is -2.35. The van der Waals surface area contributed by atoms with Crippen LogP contribution in [0.3, 0.4) is 0 Å². The number of anilines is 1. The van der Waals surface area contributed by atoms with E-state index in [1.165, 1.54) is 4.90 Å². The van der Waals surface area contributed by atoms with Crippen molar-refractivity contribution in [3.05, 3.63) is 106 Å². The number of aliphatic hydroxyl groups excluding tert-OH is 1. The molecule has 7 rings (SSSR count). The van der Waals surface area contributed by atoms with Crippen LogP contribution >= 0.6 is 11.3 Å². The average molecular weight is 1100 g/mol. The molecule has 18 nitrogen and oxygen atoms in total. The van der Waals surface area contributed by atoms with Crippen molar-refractivity contribution in [2.75, 3.05) is 37.9 Å². The summed E-state index contributed by atoms with van der Waals surface area (Å²) < 4.78 is 17.7. The molecule has 0 saturated carbocycles. The Labute approximate surface area is 461 Å². The van der Waals surface area contributed by atoms with Crippen LogP contribution in [0.25, 0.3) is 10.4 Å². The van der Waals surface area contributed by atoms with Crippen LogP contribution in [0.2, 0.25) is 0 Å². The van der Waals surface area contributed by atoms with Crippen molar-refractivity contribution in [1.82, 2.24) is 15.2 Å². The highest BCUT2D eigenvalue weighted by Gasteiger charge is 2.45. The van der Waals surface area contributed by atoms with Gasteiger partial charge in [-0.1, -0.05) is 87.5 Å². The van der Waals surface area contributed by atoms with Gasteiger partial charge in [-0.3, -0.25) is 38.5 Å². The van der Waals surface area contributed by atoms with Gasteiger partial charge in [0, 0.05) is 52.2 Å². The number of hydrogen-bond donors (Lipinski definition) is 5. The predicted octanol–water partition coefficient (Wildman–Crippen LogP) is 5.85. The van der Waals surface area contributed by atoms with Gasteiger partial charge in [0.05, 0.1) is 71.9 Å². The van der Waals surface area contributed by atoms with Crippen molar-refractivity contribution in [2.24, 2.45) is 22.8 Å². The summed E-state index contributed by atoms with van der Waals surface area (Å²) in [6, 6.07) is 19.0. The highest BCUT2D eigenvalue weighted by Crippen LogP contribution is 2.40. The summed E-state index contributed by atoms with van der Waals surface area (Å²) in [7, 11) is 0. The fraction of sp³-hybridized carbons (Fsp3) is 0.525. The van der Waals surface area contributed by atoms with Crippen LogP contribution in [-0.4, -0.2) is 131 Å². The number of aryl methyl sites for hydroxylation is 4. The molecule has 4 aromatic rings. The number of nitrogens with one attached hydrogen (secondary N) is 1. The molecule has 3 aliphatic heterocycles. The highest BCUT2D eigenvalue weighted by atomic mass is 32.1. The molecule has 0 bridgehead atoms. The van der Waals surface area contributed by atoms with Crippen LogP contribution in [0.4, 0.5) is 5.69 Å². The first-order valence-corrected chi connectivity index (χ1v) is 27.8. The van der Waals surface area contributed by atoms with E-state index in [9.17, 15) is 33.9 Å². The number of nitrogens with two attached hydrogens (primary N) is 2. The number of carboxylic acids is 1. The fourth-order valence-electron chi connectivity index (χ4n) is 10.3. The summed E-state index contributed by atoms with van der Waals surface area (Å²) in [6.45, 7) is 11.5. The molecule has 4 amide bonds. The lowest BCUT2D eigenvalue weighted by atomic mass is 9.85. The van der Waals surface area contributed by atoms with Gasteiger partial charge in [0.15, 0.2) is 11.6 Å². The van der Waals surface area contributed by atoms with Crippen LogP contribution in [0.1, 0.15) is 113 Å². The number of rotatable bonds is 26. The molecule has 3 aliphatic rings. The molecular formula is C59H78N6O12S. The van der Waals surface area contributed by atoms with Crippen molar-refractivity contribution in [3.8, 4) is 10.4 Å². The molecule has 4 heterocycles. The average Bonchev–Trinajstić information content (AvgIpc) is 4.34. The number of aliphatic hydroxyl groups is 1. The van der Waals surface area contributed by atoms with E-state index >= 15 is 0 Å². The number of benzene rings is 3. The minimum absolute atomic E-state index is 0.0158. The molecule has 7 N–H and O–H groups in total. The van der Waals surface area contributed by atoms with Gasteiger partial charge in [0.1, 0.15) is 12.6 Å². The molecule has 78 heavy (non-hydrogen) atoms. The van der Waals surface area contributed by atoms with E-state index in [1.54, 1.807) is 16.2 Å². The van der Waals surface area contributed by atoms with Gasteiger partial charge in [0.25, 0.3) is 5.97 Å². The van der Waals surface area contributed by atoms with Gasteiger partial charge in [0.2, 0.25) is 23.6 Å². The Balaban J connectivity index is 0.00000238. The summed E-state index contributed by atoms with van der Waals surface area (Å²) in [5.41, 5.74) is 20.9. The maximum absolute atomic E-state index is 14.0. The van der Waals surface area contributed by atoms with Crippen molar-refractivity contribution < 1.29 is 58.0 Å². The maximum Gasteiger partial charge on any atom is 0.300 e. The molecule has 1 aromatic heterocycles. The summed E-state index contributed by atoms with van der Waals surface area (Å²) in [5, 5.41) is 20.9. The number of Topliss-reactive ketones (excluding diaryl/α,β-unsaturated/α-hetero) is 2. The molecule has 422 valence electrons. The maximum atomic E-state index is 14.0. The summed E-state index contributed by atoms with van der Waals surface area (Å²) in [6.07, 6.45) is 3.46. The number of primary amides is 1. The zero-order valence-corrected chi connectivity index (χ0v) is 46.7. The molecule has 1 fully saturated rings. The molecule has 3 aromatic carbocycles. The minimum atomic E-state index is -0.947. The van der Waals surface area contributed by atoms with Crippen molar-refractivity contribution in [3.63, 3.8) is 0 Å². The lowest BCUT2D eigenvalue weighted by Crippen LogP contribution is -2.57. The first kappa shape index (κ1) is 61.0. The monoisotopic (exact) mass is 1090 g/mol. The minimum Gasteiger partial charge on any atom is -0.481 e. The number of ketones is 2. The van der Waals surface area contributed by atoms with Gasteiger partial charge in [-0.25, -0.2) is 4.98 Å². The van der Waals surface area contributed by atoms with Crippen LogP contribution in [0.5, 0.6) is 0 Å². The molecule has 19 heteroatoms. The third-order valence-corrected chi connectivity index (χ3v) is 15.6. The summed E-state index contributed by atoms with van der Waals surface area (Å²) in [5.74, 6) is -2.89. The number of amides is 4. The van der Waals surface area contributed by atoms with Crippen LogP contribution < -0.4 is 21.7 Å². The molecule has 0 spiro atoms. The van der Waals surface area contributed by atoms with E-state index in [2.05, 4.69) is 10.3 Å². The zero-order valence-electron chi connectivity index (χ0n) is 45.9. The second-order valence-electron chi connectivity index (χ2n) is 21.7. The predicted molar refractivity (Wildman–Crippen MR) is 296 cm³/mol.